The number of hydrogen-bond acceptors (Lipinski definition) is 5. The molecule has 1 amide bonds. The molecular formula is C16H12FN3O3S2. The van der Waals surface area contributed by atoms with Gasteiger partial charge in [0.2, 0.25) is 0 Å². The van der Waals surface area contributed by atoms with Gasteiger partial charge in [-0.05, 0) is 42.5 Å². The van der Waals surface area contributed by atoms with Crippen molar-refractivity contribution in [2.45, 2.75) is 4.90 Å². The summed E-state index contributed by atoms with van der Waals surface area (Å²) < 4.78 is 39.9. The van der Waals surface area contributed by atoms with Gasteiger partial charge in [0.15, 0.2) is 5.13 Å². The number of sulfonamides is 1. The third-order valence-electron chi connectivity index (χ3n) is 3.15. The van der Waals surface area contributed by atoms with Gasteiger partial charge in [0.05, 0.1) is 4.90 Å². The molecule has 0 aliphatic carbocycles. The Labute approximate surface area is 147 Å². The van der Waals surface area contributed by atoms with Crippen LogP contribution in [0.4, 0.5) is 15.2 Å². The monoisotopic (exact) mass is 377 g/mol. The van der Waals surface area contributed by atoms with E-state index in [-0.39, 0.29) is 16.1 Å². The minimum atomic E-state index is -3.88. The predicted molar refractivity (Wildman–Crippen MR) is 93.7 cm³/mol. The zero-order chi connectivity index (χ0) is 17.9. The highest BCUT2D eigenvalue weighted by Gasteiger charge is 2.15. The lowest BCUT2D eigenvalue weighted by Gasteiger charge is -2.09. The van der Waals surface area contributed by atoms with E-state index < -0.39 is 21.7 Å². The summed E-state index contributed by atoms with van der Waals surface area (Å²) in [5.41, 5.74) is 0.491. The quantitative estimate of drug-likeness (QED) is 0.714. The number of anilines is 2. The fourth-order valence-corrected chi connectivity index (χ4v) is 3.58. The summed E-state index contributed by atoms with van der Waals surface area (Å²) >= 11 is 1.27. The molecule has 1 aromatic heterocycles. The molecule has 0 fully saturated rings. The predicted octanol–water partition coefficient (Wildman–Crippen LogP) is 3.34. The second kappa shape index (κ2) is 6.99. The van der Waals surface area contributed by atoms with E-state index in [4.69, 9.17) is 0 Å². The van der Waals surface area contributed by atoms with E-state index in [1.54, 1.807) is 23.7 Å². The first kappa shape index (κ1) is 17.1. The Morgan fingerprint density at radius 2 is 1.88 bits per heavy atom. The van der Waals surface area contributed by atoms with Crippen molar-refractivity contribution in [3.05, 3.63) is 71.5 Å². The van der Waals surface area contributed by atoms with Crippen molar-refractivity contribution in [1.82, 2.24) is 4.98 Å². The molecule has 0 radical (unpaired) electrons. The van der Waals surface area contributed by atoms with Crippen LogP contribution in [-0.2, 0) is 10.0 Å². The number of carbonyl (C=O) groups is 1. The van der Waals surface area contributed by atoms with E-state index in [1.165, 1.54) is 23.5 Å². The molecule has 1 heterocycles. The van der Waals surface area contributed by atoms with Crippen molar-refractivity contribution in [1.29, 1.82) is 0 Å². The lowest BCUT2D eigenvalue weighted by molar-refractivity contribution is 0.102. The van der Waals surface area contributed by atoms with Gasteiger partial charge in [-0.2, -0.15) is 0 Å². The van der Waals surface area contributed by atoms with E-state index in [2.05, 4.69) is 15.0 Å². The summed E-state index contributed by atoms with van der Waals surface area (Å²) in [7, 11) is -3.88. The van der Waals surface area contributed by atoms with Crippen molar-refractivity contribution in [2.75, 3.05) is 10.0 Å². The van der Waals surface area contributed by atoms with Crippen molar-refractivity contribution >= 4 is 38.1 Å². The summed E-state index contributed by atoms with van der Waals surface area (Å²) in [6.45, 7) is 0. The third kappa shape index (κ3) is 4.20. The molecule has 0 bridgehead atoms. The minimum absolute atomic E-state index is 0.0773. The molecule has 2 aromatic carbocycles. The maximum Gasteiger partial charge on any atom is 0.261 e. The smallest absolute Gasteiger partial charge is 0.261 e. The molecule has 128 valence electrons. The molecule has 0 unspecified atom stereocenters. The molecular weight excluding hydrogens is 365 g/mol. The van der Waals surface area contributed by atoms with Crippen LogP contribution >= 0.6 is 11.3 Å². The summed E-state index contributed by atoms with van der Waals surface area (Å²) in [6.07, 6.45) is 1.56. The molecule has 0 saturated heterocycles. The molecule has 3 aromatic rings. The van der Waals surface area contributed by atoms with Gasteiger partial charge in [0.1, 0.15) is 5.82 Å². The van der Waals surface area contributed by atoms with Gasteiger partial charge in [0.25, 0.3) is 15.9 Å². The van der Waals surface area contributed by atoms with Crippen LogP contribution in [-0.4, -0.2) is 19.3 Å². The van der Waals surface area contributed by atoms with E-state index in [9.17, 15) is 17.6 Å². The molecule has 0 aliphatic rings. The lowest BCUT2D eigenvalue weighted by Crippen LogP contribution is -2.15. The molecule has 0 saturated carbocycles. The number of hydrogen-bond donors (Lipinski definition) is 2. The first-order valence-electron chi connectivity index (χ1n) is 7.03. The van der Waals surface area contributed by atoms with Gasteiger partial charge in [-0.25, -0.2) is 17.8 Å². The van der Waals surface area contributed by atoms with E-state index in [1.807, 2.05) is 0 Å². The van der Waals surface area contributed by atoms with Crippen LogP contribution in [0.1, 0.15) is 10.4 Å². The minimum Gasteiger partial charge on any atom is -0.298 e. The number of carbonyl (C=O) groups excluding carboxylic acids is 1. The van der Waals surface area contributed by atoms with Crippen LogP contribution in [0, 0.1) is 5.82 Å². The Kier molecular flexibility index (Phi) is 4.77. The van der Waals surface area contributed by atoms with E-state index >= 15 is 0 Å². The van der Waals surface area contributed by atoms with Gasteiger partial charge < -0.3 is 0 Å². The number of benzene rings is 2. The second-order valence-corrected chi connectivity index (χ2v) is 7.51. The Morgan fingerprint density at radius 3 is 2.56 bits per heavy atom. The van der Waals surface area contributed by atoms with Crippen LogP contribution in [0.2, 0.25) is 0 Å². The SMILES string of the molecule is O=C(Nc1nccs1)c1cccc(NS(=O)(=O)c2ccc(F)cc2)c1. The van der Waals surface area contributed by atoms with Crippen molar-refractivity contribution in [2.24, 2.45) is 0 Å². The fraction of sp³-hybridized carbons (Fsp3) is 0. The first-order valence-corrected chi connectivity index (χ1v) is 9.40. The van der Waals surface area contributed by atoms with E-state index in [0.717, 1.165) is 24.3 Å². The number of aromatic nitrogens is 1. The molecule has 25 heavy (non-hydrogen) atoms. The van der Waals surface area contributed by atoms with Crippen LogP contribution in [0.15, 0.2) is 65.0 Å². The largest absolute Gasteiger partial charge is 0.298 e. The molecule has 0 spiro atoms. The van der Waals surface area contributed by atoms with Crippen molar-refractivity contribution < 1.29 is 17.6 Å². The second-order valence-electron chi connectivity index (χ2n) is 4.93. The molecule has 0 atom stereocenters. The summed E-state index contributed by atoms with van der Waals surface area (Å²) in [5.74, 6) is -0.933. The highest BCUT2D eigenvalue weighted by Crippen LogP contribution is 2.19. The normalized spacial score (nSPS) is 11.1. The number of thiazole rings is 1. The summed E-state index contributed by atoms with van der Waals surface area (Å²) in [5, 5.41) is 4.79. The Bertz CT molecular complexity index is 988. The van der Waals surface area contributed by atoms with Crippen LogP contribution < -0.4 is 10.0 Å². The zero-order valence-corrected chi connectivity index (χ0v) is 14.3. The number of nitrogens with one attached hydrogen (secondary N) is 2. The molecule has 3 rings (SSSR count). The fourth-order valence-electron chi connectivity index (χ4n) is 2.01. The topological polar surface area (TPSA) is 88.2 Å². The summed E-state index contributed by atoms with van der Waals surface area (Å²) in [4.78, 5) is 16.1. The van der Waals surface area contributed by atoms with Crippen molar-refractivity contribution in [3.8, 4) is 0 Å². The Hall–Kier alpha value is -2.78. The van der Waals surface area contributed by atoms with Gasteiger partial charge in [0, 0.05) is 22.8 Å². The first-order chi connectivity index (χ1) is 11.9. The molecule has 0 aliphatic heterocycles. The average molecular weight is 377 g/mol. The third-order valence-corrected chi connectivity index (χ3v) is 5.24. The molecule has 2 N–H and O–H groups in total. The maximum atomic E-state index is 12.9. The van der Waals surface area contributed by atoms with E-state index in [0.29, 0.717) is 5.13 Å². The molecule has 6 nitrogen and oxygen atoms in total. The number of amides is 1. The number of nitrogens with zero attached hydrogens (tertiary/aromatic N) is 1. The van der Waals surface area contributed by atoms with Crippen molar-refractivity contribution in [3.63, 3.8) is 0 Å². The Balaban J connectivity index is 1.79. The zero-order valence-electron chi connectivity index (χ0n) is 12.6. The maximum absolute atomic E-state index is 12.9. The van der Waals surface area contributed by atoms with Gasteiger partial charge in [-0.15, -0.1) is 11.3 Å². The van der Waals surface area contributed by atoms with Crippen LogP contribution in [0.25, 0.3) is 0 Å². The van der Waals surface area contributed by atoms with Gasteiger partial charge in [-0.1, -0.05) is 6.07 Å². The number of halogens is 1. The standard InChI is InChI=1S/C16H12FN3O3S2/c17-12-4-6-14(7-5-12)25(22,23)20-13-3-1-2-11(10-13)15(21)19-16-18-8-9-24-16/h1-10,20H,(H,18,19,21). The molecule has 9 heteroatoms. The Morgan fingerprint density at radius 1 is 1.12 bits per heavy atom. The summed E-state index contributed by atoms with van der Waals surface area (Å²) in [6, 6.07) is 10.5. The highest BCUT2D eigenvalue weighted by atomic mass is 32.2. The average Bonchev–Trinajstić information content (AvgIpc) is 3.08. The van der Waals surface area contributed by atoms with Gasteiger partial charge in [-0.3, -0.25) is 14.8 Å². The van der Waals surface area contributed by atoms with Gasteiger partial charge >= 0.3 is 0 Å². The lowest BCUT2D eigenvalue weighted by atomic mass is 10.2. The highest BCUT2D eigenvalue weighted by molar-refractivity contribution is 7.92. The number of rotatable bonds is 5. The van der Waals surface area contributed by atoms with Crippen LogP contribution in [0.5, 0.6) is 0 Å². The van der Waals surface area contributed by atoms with Crippen LogP contribution in [0.3, 0.4) is 0 Å².